The van der Waals surface area contributed by atoms with Crippen molar-refractivity contribution < 1.29 is 28.7 Å². The number of carboxylic acid groups (broad SMARTS) is 1. The van der Waals surface area contributed by atoms with E-state index in [2.05, 4.69) is 11.9 Å². The lowest BCUT2D eigenvalue weighted by atomic mass is 9.90. The minimum absolute atomic E-state index is 0.0634. The number of amides is 3. The Hall–Kier alpha value is -3.17. The van der Waals surface area contributed by atoms with Crippen LogP contribution in [0.5, 0.6) is 5.75 Å². The van der Waals surface area contributed by atoms with Gasteiger partial charge in [-0.1, -0.05) is 18.5 Å². The molecule has 0 spiro atoms. The second kappa shape index (κ2) is 12.9. The molecule has 1 N–H and O–H groups in total. The summed E-state index contributed by atoms with van der Waals surface area (Å²) in [6, 6.07) is 8.13. The van der Waals surface area contributed by atoms with Gasteiger partial charge in [0.25, 0.3) is 5.91 Å². The first kappa shape index (κ1) is 28.4. The molecule has 3 amide bonds. The summed E-state index contributed by atoms with van der Waals surface area (Å²) < 4.78 is 6.09. The molecule has 0 radical (unpaired) electrons. The van der Waals surface area contributed by atoms with E-state index in [9.17, 15) is 19.5 Å². The van der Waals surface area contributed by atoms with Gasteiger partial charge in [0, 0.05) is 35.6 Å². The van der Waals surface area contributed by atoms with Crippen LogP contribution in [0.3, 0.4) is 0 Å². The van der Waals surface area contributed by atoms with E-state index in [1.807, 2.05) is 14.1 Å². The molecule has 1 aliphatic carbocycles. The number of hydrogen-bond acceptors (Lipinski definition) is 5. The van der Waals surface area contributed by atoms with Crippen LogP contribution in [0.25, 0.3) is 0 Å². The molecule has 1 aliphatic rings. The van der Waals surface area contributed by atoms with Gasteiger partial charge in [0.1, 0.15) is 12.4 Å². The average molecular weight is 532 g/mol. The number of carbonyl (C=O) groups excluding carboxylic acids is 2. The molecule has 1 saturated carbocycles. The fourth-order valence-corrected chi connectivity index (χ4v) is 4.63. The Morgan fingerprint density at radius 2 is 1.84 bits per heavy atom. The van der Waals surface area contributed by atoms with Crippen molar-refractivity contribution in [1.29, 1.82) is 0 Å². The van der Waals surface area contributed by atoms with E-state index >= 15 is 0 Å². The smallest absolute Gasteiger partial charge is 0.411 e. The van der Waals surface area contributed by atoms with Crippen LogP contribution in [-0.2, 0) is 4.79 Å². The van der Waals surface area contributed by atoms with Crippen LogP contribution in [-0.4, -0.2) is 83.8 Å². The molecule has 0 aliphatic heterocycles. The van der Waals surface area contributed by atoms with Crippen LogP contribution < -0.4 is 9.64 Å². The fraction of sp³-hybridized carbons (Fsp3) is 0.481. The van der Waals surface area contributed by atoms with E-state index in [0.29, 0.717) is 39.5 Å². The van der Waals surface area contributed by atoms with E-state index in [4.69, 9.17) is 16.3 Å². The Labute approximate surface area is 223 Å². The molecule has 0 atom stereocenters. The molecule has 2 aromatic rings. The van der Waals surface area contributed by atoms with Crippen LogP contribution in [0.15, 0.2) is 42.7 Å². The molecule has 1 aromatic heterocycles. The lowest BCUT2D eigenvalue weighted by molar-refractivity contribution is -0.814. The molecule has 0 bridgehead atoms. The highest BCUT2D eigenvalue weighted by Crippen LogP contribution is 2.29. The van der Waals surface area contributed by atoms with Crippen molar-refractivity contribution in [3.05, 3.63) is 53.3 Å². The molecule has 200 valence electrons. The Bertz CT molecular complexity index is 1090. The number of hydrogen-bond donors (Lipinski definition) is 1. The zero-order valence-electron chi connectivity index (χ0n) is 21.7. The monoisotopic (exact) mass is 531 g/mol. The summed E-state index contributed by atoms with van der Waals surface area (Å²) in [5.74, 6) is 0.294. The standard InChI is InChI=1S/C27H35ClN4O5/c1-4-15-32(2,3)25(33)10-13-30(22-6-5-7-22)26(34)20-17-21(28)19-24(18-20)37-16-14-31(27(35)36)23-8-11-29-12-9-23/h8-9,11-12,17-19,22H,4-7,10,13-16H2,1-3H3/p+1. The van der Waals surface area contributed by atoms with E-state index in [1.165, 1.54) is 12.4 Å². The Morgan fingerprint density at radius 3 is 2.43 bits per heavy atom. The van der Waals surface area contributed by atoms with Gasteiger partial charge >= 0.3 is 12.0 Å². The van der Waals surface area contributed by atoms with Crippen molar-refractivity contribution >= 4 is 35.2 Å². The summed E-state index contributed by atoms with van der Waals surface area (Å²) in [5, 5.41) is 9.89. The lowest BCUT2D eigenvalue weighted by Crippen LogP contribution is -2.49. The predicted molar refractivity (Wildman–Crippen MR) is 142 cm³/mol. The number of anilines is 1. The number of ether oxygens (including phenoxy) is 1. The van der Waals surface area contributed by atoms with Crippen LogP contribution in [0.2, 0.25) is 5.02 Å². The molecular weight excluding hydrogens is 496 g/mol. The van der Waals surface area contributed by atoms with Gasteiger partial charge in [-0.2, -0.15) is 0 Å². The van der Waals surface area contributed by atoms with Gasteiger partial charge in [0.2, 0.25) is 0 Å². The lowest BCUT2D eigenvalue weighted by Gasteiger charge is -2.38. The maximum absolute atomic E-state index is 13.5. The van der Waals surface area contributed by atoms with Crippen LogP contribution in [0.1, 0.15) is 49.4 Å². The minimum Gasteiger partial charge on any atom is -0.492 e. The van der Waals surface area contributed by atoms with Gasteiger partial charge < -0.3 is 14.7 Å². The largest absolute Gasteiger partial charge is 0.492 e. The Balaban J connectivity index is 1.68. The summed E-state index contributed by atoms with van der Waals surface area (Å²) >= 11 is 6.32. The highest BCUT2D eigenvalue weighted by atomic mass is 35.5. The van der Waals surface area contributed by atoms with Crippen LogP contribution in [0.4, 0.5) is 10.5 Å². The number of pyridine rings is 1. The predicted octanol–water partition coefficient (Wildman–Crippen LogP) is 4.70. The second-order valence-electron chi connectivity index (χ2n) is 9.80. The molecule has 10 heteroatoms. The molecule has 0 unspecified atom stereocenters. The first-order valence-electron chi connectivity index (χ1n) is 12.6. The molecule has 1 fully saturated rings. The highest BCUT2D eigenvalue weighted by Gasteiger charge is 2.32. The fourth-order valence-electron chi connectivity index (χ4n) is 4.40. The van der Waals surface area contributed by atoms with Crippen molar-refractivity contribution in [2.45, 2.75) is 45.1 Å². The Morgan fingerprint density at radius 1 is 1.14 bits per heavy atom. The van der Waals surface area contributed by atoms with E-state index in [-0.39, 0.29) is 31.0 Å². The summed E-state index contributed by atoms with van der Waals surface area (Å²) in [5.41, 5.74) is 0.868. The van der Waals surface area contributed by atoms with Crippen molar-refractivity contribution in [3.8, 4) is 5.75 Å². The number of rotatable bonds is 12. The molecular formula is C27H36ClN4O5+. The number of carbonyl (C=O) groups is 3. The van der Waals surface area contributed by atoms with Gasteiger partial charge in [-0.15, -0.1) is 0 Å². The third-order valence-corrected chi connectivity index (χ3v) is 6.93. The first-order chi connectivity index (χ1) is 17.6. The number of halogens is 1. The second-order valence-corrected chi connectivity index (χ2v) is 10.2. The van der Waals surface area contributed by atoms with Gasteiger partial charge in [-0.25, -0.2) is 9.59 Å². The topological polar surface area (TPSA) is 100 Å². The molecule has 1 aromatic carbocycles. The molecule has 0 saturated heterocycles. The van der Waals surface area contributed by atoms with Gasteiger partial charge in [-0.3, -0.25) is 19.2 Å². The minimum atomic E-state index is -1.11. The van der Waals surface area contributed by atoms with Crippen molar-refractivity contribution in [1.82, 2.24) is 9.88 Å². The number of aromatic nitrogens is 1. The number of nitrogens with zero attached hydrogens (tertiary/aromatic N) is 4. The van der Waals surface area contributed by atoms with Crippen molar-refractivity contribution in [3.63, 3.8) is 0 Å². The van der Waals surface area contributed by atoms with Crippen molar-refractivity contribution in [2.75, 3.05) is 45.2 Å². The van der Waals surface area contributed by atoms with Gasteiger partial charge in [0.15, 0.2) is 0 Å². The third kappa shape index (κ3) is 7.66. The average Bonchev–Trinajstić information content (AvgIpc) is 2.82. The van der Waals surface area contributed by atoms with Crippen LogP contribution in [0, 0.1) is 0 Å². The molecule has 1 heterocycles. The third-order valence-electron chi connectivity index (χ3n) is 6.71. The number of benzene rings is 1. The maximum Gasteiger partial charge on any atom is 0.411 e. The van der Waals surface area contributed by atoms with E-state index < -0.39 is 6.09 Å². The van der Waals surface area contributed by atoms with Gasteiger partial charge in [0.05, 0.1) is 39.3 Å². The van der Waals surface area contributed by atoms with Gasteiger partial charge in [-0.05, 0) is 56.0 Å². The summed E-state index contributed by atoms with van der Waals surface area (Å²) in [6.07, 6.45) is 6.01. The van der Waals surface area contributed by atoms with Crippen molar-refractivity contribution in [2.24, 2.45) is 0 Å². The quantitative estimate of drug-likeness (QED) is 0.399. The SMILES string of the molecule is CCC[N+](C)(C)C(=O)CCN(C(=O)c1cc(Cl)cc(OCCN(C(=O)O)c2ccncc2)c1)C1CCC1. The molecule has 3 rings (SSSR count). The summed E-state index contributed by atoms with van der Waals surface area (Å²) in [6.45, 7) is 3.31. The zero-order chi connectivity index (χ0) is 27.0. The summed E-state index contributed by atoms with van der Waals surface area (Å²) in [4.78, 5) is 44.9. The normalized spacial score (nSPS) is 13.5. The zero-order valence-corrected chi connectivity index (χ0v) is 22.5. The van der Waals surface area contributed by atoms with E-state index in [0.717, 1.165) is 37.1 Å². The number of quaternary nitrogens is 1. The first-order valence-corrected chi connectivity index (χ1v) is 13.0. The maximum atomic E-state index is 13.5. The molecule has 37 heavy (non-hydrogen) atoms. The summed E-state index contributed by atoms with van der Waals surface area (Å²) in [7, 11) is 3.81. The molecule has 9 nitrogen and oxygen atoms in total. The Kier molecular flexibility index (Phi) is 9.88. The van der Waals surface area contributed by atoms with E-state index in [1.54, 1.807) is 35.2 Å². The highest BCUT2D eigenvalue weighted by molar-refractivity contribution is 6.31. The van der Waals surface area contributed by atoms with Crippen LogP contribution >= 0.6 is 11.6 Å².